The van der Waals surface area contributed by atoms with Crippen LogP contribution in [0.4, 0.5) is 5.82 Å². The summed E-state index contributed by atoms with van der Waals surface area (Å²) < 4.78 is 5.80. The van der Waals surface area contributed by atoms with Gasteiger partial charge in [-0.05, 0) is 0 Å². The molecular formula is C16H14N3OSe. The van der Waals surface area contributed by atoms with Gasteiger partial charge in [-0.1, -0.05) is 0 Å². The van der Waals surface area contributed by atoms with Gasteiger partial charge >= 0.3 is 131 Å². The average molecular weight is 343 g/mol. The van der Waals surface area contributed by atoms with E-state index in [9.17, 15) is 0 Å². The van der Waals surface area contributed by atoms with E-state index in [0.717, 1.165) is 22.5 Å². The maximum atomic E-state index is 5.16. The van der Waals surface area contributed by atoms with Crippen molar-refractivity contribution in [3.8, 4) is 5.75 Å². The van der Waals surface area contributed by atoms with Crippen LogP contribution in [0.15, 0.2) is 48.5 Å². The molecule has 0 unspecified atom stereocenters. The Morgan fingerprint density at radius 3 is 2.57 bits per heavy atom. The van der Waals surface area contributed by atoms with E-state index in [0.29, 0.717) is 11.3 Å². The Kier molecular flexibility index (Phi) is 4.04. The summed E-state index contributed by atoms with van der Waals surface area (Å²) in [5.41, 5.74) is 2.10. The normalized spacial score (nSPS) is 10.5. The number of fused-ring (bicyclic) bond motifs is 1. The van der Waals surface area contributed by atoms with Crippen molar-refractivity contribution in [1.29, 1.82) is 0 Å². The first kappa shape index (κ1) is 13.9. The number of para-hydroxylation sites is 1. The molecule has 0 aliphatic rings. The number of methoxy groups -OCH3 is 1. The summed E-state index contributed by atoms with van der Waals surface area (Å²) >= 11 is 2.87. The van der Waals surface area contributed by atoms with E-state index in [1.54, 1.807) is 7.11 Å². The summed E-state index contributed by atoms with van der Waals surface area (Å²) in [4.78, 5) is 8.84. The van der Waals surface area contributed by atoms with Crippen LogP contribution in [-0.2, 0) is 6.54 Å². The summed E-state index contributed by atoms with van der Waals surface area (Å²) in [6.45, 7) is 0.699. The molecule has 0 amide bonds. The molecule has 0 bridgehead atoms. The first-order valence-corrected chi connectivity index (χ1v) is 7.42. The SMILES string of the molecule is COc1ccc(CNc2nc([Se])nc3ccccc23)cc1. The Labute approximate surface area is 131 Å². The molecule has 0 fully saturated rings. The third-order valence-electron chi connectivity index (χ3n) is 3.20. The van der Waals surface area contributed by atoms with E-state index >= 15 is 0 Å². The molecule has 2 aromatic carbocycles. The number of anilines is 1. The zero-order valence-electron chi connectivity index (χ0n) is 11.5. The van der Waals surface area contributed by atoms with Gasteiger partial charge in [-0.15, -0.1) is 0 Å². The topological polar surface area (TPSA) is 47.0 Å². The van der Waals surface area contributed by atoms with Gasteiger partial charge in [-0.3, -0.25) is 0 Å². The number of hydrogen-bond acceptors (Lipinski definition) is 4. The van der Waals surface area contributed by atoms with Crippen molar-refractivity contribution in [2.75, 3.05) is 12.4 Å². The van der Waals surface area contributed by atoms with Gasteiger partial charge < -0.3 is 0 Å². The zero-order chi connectivity index (χ0) is 14.7. The summed E-state index contributed by atoms with van der Waals surface area (Å²) in [5.74, 6) is 1.70. The van der Waals surface area contributed by atoms with Gasteiger partial charge in [0, 0.05) is 0 Å². The van der Waals surface area contributed by atoms with Gasteiger partial charge in [0.05, 0.1) is 0 Å². The third-order valence-corrected chi connectivity index (χ3v) is 3.58. The molecule has 0 saturated heterocycles. The first-order valence-electron chi connectivity index (χ1n) is 6.57. The Hall–Kier alpha value is -2.10. The molecule has 4 nitrogen and oxygen atoms in total. The number of ether oxygens (including phenoxy) is 1. The molecule has 0 aliphatic carbocycles. The van der Waals surface area contributed by atoms with Crippen LogP contribution >= 0.6 is 0 Å². The predicted octanol–water partition coefficient (Wildman–Crippen LogP) is 2.04. The molecule has 5 heteroatoms. The number of benzene rings is 2. The molecule has 3 rings (SSSR count). The van der Waals surface area contributed by atoms with Crippen LogP contribution in [0.1, 0.15) is 5.56 Å². The van der Waals surface area contributed by atoms with Gasteiger partial charge in [-0.25, -0.2) is 0 Å². The summed E-state index contributed by atoms with van der Waals surface area (Å²) in [6.07, 6.45) is 0. The fourth-order valence-electron chi connectivity index (χ4n) is 2.12. The minimum absolute atomic E-state index is 0.644. The predicted molar refractivity (Wildman–Crippen MR) is 85.2 cm³/mol. The van der Waals surface area contributed by atoms with Crippen molar-refractivity contribution >= 4 is 37.5 Å². The molecule has 3 aromatic rings. The van der Waals surface area contributed by atoms with Crippen LogP contribution < -0.4 is 14.8 Å². The summed E-state index contributed by atoms with van der Waals surface area (Å²) in [7, 11) is 1.67. The van der Waals surface area contributed by atoms with E-state index in [2.05, 4.69) is 31.3 Å². The maximum absolute atomic E-state index is 5.16. The summed E-state index contributed by atoms with van der Waals surface area (Å²) in [5, 5.41) is 4.39. The van der Waals surface area contributed by atoms with Gasteiger partial charge in [0.15, 0.2) is 0 Å². The van der Waals surface area contributed by atoms with E-state index in [4.69, 9.17) is 4.74 Å². The molecule has 1 radical (unpaired) electrons. The average Bonchev–Trinajstić information content (AvgIpc) is 2.53. The molecule has 0 spiro atoms. The quantitative estimate of drug-likeness (QED) is 0.737. The molecule has 0 atom stereocenters. The van der Waals surface area contributed by atoms with E-state index in [1.165, 1.54) is 5.56 Å². The third kappa shape index (κ3) is 3.15. The molecule has 21 heavy (non-hydrogen) atoms. The van der Waals surface area contributed by atoms with Crippen molar-refractivity contribution in [3.05, 3.63) is 54.1 Å². The molecular weight excluding hydrogens is 329 g/mol. The summed E-state index contributed by atoms with van der Waals surface area (Å²) in [6, 6.07) is 15.9. The Morgan fingerprint density at radius 1 is 1.05 bits per heavy atom. The van der Waals surface area contributed by atoms with Crippen LogP contribution in [0.5, 0.6) is 5.75 Å². The molecule has 1 aromatic heterocycles. The molecule has 105 valence electrons. The van der Waals surface area contributed by atoms with Crippen molar-refractivity contribution in [2.24, 2.45) is 0 Å². The molecule has 0 saturated carbocycles. The second-order valence-corrected chi connectivity index (χ2v) is 5.34. The zero-order valence-corrected chi connectivity index (χ0v) is 13.2. The molecule has 1 heterocycles. The minimum atomic E-state index is 0.644. The van der Waals surface area contributed by atoms with Crippen LogP contribution in [0.3, 0.4) is 0 Å². The molecule has 0 aliphatic heterocycles. The van der Waals surface area contributed by atoms with Crippen molar-refractivity contribution in [1.82, 2.24) is 9.97 Å². The van der Waals surface area contributed by atoms with Crippen molar-refractivity contribution in [3.63, 3.8) is 0 Å². The fourth-order valence-corrected chi connectivity index (χ4v) is 2.52. The van der Waals surface area contributed by atoms with Crippen molar-refractivity contribution in [2.45, 2.75) is 6.54 Å². The van der Waals surface area contributed by atoms with E-state index < -0.39 is 0 Å². The monoisotopic (exact) mass is 344 g/mol. The second kappa shape index (κ2) is 6.12. The van der Waals surface area contributed by atoms with Crippen LogP contribution in [0, 0.1) is 0 Å². The van der Waals surface area contributed by atoms with Gasteiger partial charge in [0.2, 0.25) is 0 Å². The van der Waals surface area contributed by atoms with Crippen LogP contribution in [0.25, 0.3) is 10.9 Å². The number of aromatic nitrogens is 2. The number of rotatable bonds is 4. The van der Waals surface area contributed by atoms with E-state index in [-0.39, 0.29) is 0 Å². The number of hydrogen-bond donors (Lipinski definition) is 1. The van der Waals surface area contributed by atoms with E-state index in [1.807, 2.05) is 48.5 Å². The Morgan fingerprint density at radius 2 is 1.81 bits per heavy atom. The van der Waals surface area contributed by atoms with Gasteiger partial charge in [0.1, 0.15) is 0 Å². The standard InChI is InChI=1S/C16H14N3OSe/c1-20-12-8-6-11(7-9-12)10-17-15-13-4-2-3-5-14(13)18-16(21)19-15/h2-9H,10H2,1H3,(H,17,18,19). The fraction of sp³-hybridized carbons (Fsp3) is 0.125. The Balaban J connectivity index is 1.84. The van der Waals surface area contributed by atoms with Gasteiger partial charge in [0.25, 0.3) is 0 Å². The van der Waals surface area contributed by atoms with Crippen LogP contribution in [-0.4, -0.2) is 33.1 Å². The van der Waals surface area contributed by atoms with Crippen molar-refractivity contribution < 1.29 is 4.74 Å². The Bertz CT molecular complexity index is 759. The first-order chi connectivity index (χ1) is 10.3. The van der Waals surface area contributed by atoms with Crippen LogP contribution in [0.2, 0.25) is 0 Å². The number of nitrogens with one attached hydrogen (secondary N) is 1. The van der Waals surface area contributed by atoms with Gasteiger partial charge in [-0.2, -0.15) is 0 Å². The molecule has 1 N–H and O–H groups in total. The second-order valence-electron chi connectivity index (χ2n) is 4.57. The number of nitrogens with zero attached hydrogens (tertiary/aromatic N) is 2.